The Balaban J connectivity index is 1.44. The molecule has 0 aliphatic carbocycles. The zero-order valence-electron chi connectivity index (χ0n) is 22.9. The van der Waals surface area contributed by atoms with Crippen LogP contribution in [0, 0.1) is 0 Å². The van der Waals surface area contributed by atoms with Gasteiger partial charge in [0.05, 0.1) is 32.4 Å². The Labute approximate surface area is 234 Å². The molecule has 3 N–H and O–H groups in total. The van der Waals surface area contributed by atoms with Crippen LogP contribution in [0.15, 0.2) is 54.9 Å². The number of aromatic nitrogens is 1. The number of ether oxygens (including phenoxy) is 2. The van der Waals surface area contributed by atoms with E-state index < -0.39 is 35.5 Å². The lowest BCUT2D eigenvalue weighted by atomic mass is 9.94. The van der Waals surface area contributed by atoms with Crippen LogP contribution >= 0.6 is 0 Å². The number of amides is 3. The van der Waals surface area contributed by atoms with Crippen molar-refractivity contribution in [3.05, 3.63) is 66.0 Å². The van der Waals surface area contributed by atoms with Gasteiger partial charge in [-0.25, -0.2) is 0 Å². The summed E-state index contributed by atoms with van der Waals surface area (Å²) >= 11 is 0. The van der Waals surface area contributed by atoms with Crippen LogP contribution < -0.4 is 16.0 Å². The molecule has 0 radical (unpaired) electrons. The summed E-state index contributed by atoms with van der Waals surface area (Å²) in [6.07, 6.45) is 3.67. The predicted molar refractivity (Wildman–Crippen MR) is 146 cm³/mol. The van der Waals surface area contributed by atoms with Gasteiger partial charge in [0.1, 0.15) is 17.7 Å². The number of hydrogen-bond donors (Lipinski definition) is 3. The van der Waals surface area contributed by atoms with Gasteiger partial charge >= 0.3 is 0 Å². The van der Waals surface area contributed by atoms with Gasteiger partial charge in [-0.1, -0.05) is 30.3 Å². The first-order valence-corrected chi connectivity index (χ1v) is 13.5. The van der Waals surface area contributed by atoms with Crippen LogP contribution in [0.2, 0.25) is 0 Å². The van der Waals surface area contributed by atoms with Gasteiger partial charge in [0, 0.05) is 31.9 Å². The lowest BCUT2D eigenvalue weighted by Crippen LogP contribution is -2.57. The number of nitrogens with one attached hydrogen (secondary N) is 3. The summed E-state index contributed by atoms with van der Waals surface area (Å²) in [4.78, 5) is 58.5. The normalized spacial score (nSPS) is 20.9. The molecule has 2 aliphatic heterocycles. The number of carbonyl (C=O) groups excluding carboxylic acids is 4. The number of benzene rings is 1. The van der Waals surface area contributed by atoms with Crippen LogP contribution in [-0.4, -0.2) is 96.6 Å². The Morgan fingerprint density at radius 1 is 0.900 bits per heavy atom. The maximum atomic E-state index is 13.6. The average Bonchev–Trinajstić information content (AvgIpc) is 3.71. The second kappa shape index (κ2) is 13.6. The number of epoxide rings is 1. The largest absolute Gasteiger partial charge is 0.379 e. The fourth-order valence-electron chi connectivity index (χ4n) is 4.53. The van der Waals surface area contributed by atoms with Crippen LogP contribution in [0.1, 0.15) is 25.0 Å². The van der Waals surface area contributed by atoms with Crippen molar-refractivity contribution in [3.8, 4) is 0 Å². The molecule has 4 atom stereocenters. The molecule has 0 saturated carbocycles. The number of rotatable bonds is 13. The minimum absolute atomic E-state index is 0.159. The maximum absolute atomic E-state index is 13.6. The Morgan fingerprint density at radius 2 is 1.50 bits per heavy atom. The average molecular weight is 552 g/mol. The Bertz CT molecular complexity index is 1170. The first kappa shape index (κ1) is 29.3. The van der Waals surface area contributed by atoms with Crippen molar-refractivity contribution in [1.29, 1.82) is 0 Å². The topological polar surface area (TPSA) is 142 Å². The number of hydrogen-bond acceptors (Lipinski definition) is 8. The quantitative estimate of drug-likeness (QED) is 0.296. The van der Waals surface area contributed by atoms with Crippen molar-refractivity contribution in [2.75, 3.05) is 39.5 Å². The second-order valence-electron chi connectivity index (χ2n) is 10.4. The van der Waals surface area contributed by atoms with E-state index in [0.29, 0.717) is 32.9 Å². The summed E-state index contributed by atoms with van der Waals surface area (Å²) in [6.45, 7) is 6.16. The molecule has 3 heterocycles. The number of carbonyl (C=O) groups is 4. The fraction of sp³-hybridized carbons (Fsp3) is 0.483. The van der Waals surface area contributed by atoms with Crippen molar-refractivity contribution >= 4 is 23.5 Å². The van der Waals surface area contributed by atoms with E-state index in [1.165, 1.54) is 0 Å². The smallest absolute Gasteiger partial charge is 0.243 e. The van der Waals surface area contributed by atoms with Gasteiger partial charge in [0.25, 0.3) is 0 Å². The summed E-state index contributed by atoms with van der Waals surface area (Å²) in [7, 11) is 0. The van der Waals surface area contributed by atoms with Crippen molar-refractivity contribution in [3.63, 3.8) is 0 Å². The third-order valence-electron chi connectivity index (χ3n) is 7.08. The number of ketones is 1. The van der Waals surface area contributed by atoms with Gasteiger partial charge in [-0.3, -0.25) is 29.1 Å². The Morgan fingerprint density at radius 3 is 2.15 bits per heavy atom. The first-order valence-electron chi connectivity index (χ1n) is 13.5. The minimum Gasteiger partial charge on any atom is -0.379 e. The van der Waals surface area contributed by atoms with E-state index in [1.54, 1.807) is 38.4 Å². The maximum Gasteiger partial charge on any atom is 0.243 e. The van der Waals surface area contributed by atoms with Gasteiger partial charge in [-0.2, -0.15) is 0 Å². The molecule has 2 fully saturated rings. The van der Waals surface area contributed by atoms with E-state index in [9.17, 15) is 19.2 Å². The molecule has 0 spiro atoms. The molecular formula is C29H37N5O6. The van der Waals surface area contributed by atoms with Crippen LogP contribution in [0.25, 0.3) is 0 Å². The SMILES string of the molecule is CC(NC(=O)CN1CCOCC1)C(=O)NC(Cc1ccncc1)C(=O)NC(Cc1ccccc1)C(=O)C1(C)CO1. The molecule has 4 unspecified atom stereocenters. The summed E-state index contributed by atoms with van der Waals surface area (Å²) in [5.41, 5.74) is 0.732. The van der Waals surface area contributed by atoms with Gasteiger partial charge in [-0.05, 0) is 43.5 Å². The van der Waals surface area contributed by atoms with E-state index in [0.717, 1.165) is 11.1 Å². The van der Waals surface area contributed by atoms with Gasteiger partial charge in [-0.15, -0.1) is 0 Å². The summed E-state index contributed by atoms with van der Waals surface area (Å²) in [5.74, 6) is -1.52. The van der Waals surface area contributed by atoms with Crippen molar-refractivity contribution in [2.24, 2.45) is 0 Å². The highest BCUT2D eigenvalue weighted by Gasteiger charge is 2.50. The predicted octanol–water partition coefficient (Wildman–Crippen LogP) is 0.0313. The lowest BCUT2D eigenvalue weighted by molar-refractivity contribution is -0.134. The molecule has 1 aromatic heterocycles. The van der Waals surface area contributed by atoms with E-state index >= 15 is 0 Å². The van der Waals surface area contributed by atoms with Crippen LogP contribution in [0.4, 0.5) is 0 Å². The highest BCUT2D eigenvalue weighted by Crippen LogP contribution is 2.29. The highest BCUT2D eigenvalue weighted by molar-refractivity contribution is 5.98. The minimum atomic E-state index is -0.993. The molecule has 2 aromatic rings. The number of Topliss-reactive ketones (excluding diaryl/α,β-unsaturated/α-hetero) is 1. The molecule has 11 heteroatoms. The first-order chi connectivity index (χ1) is 19.2. The standard InChI is InChI=1S/C29H37N5O6/c1-20(31-25(35)18-34-12-14-39-15-13-34)27(37)33-24(17-22-8-10-30-11-9-22)28(38)32-23(26(36)29(2)19-40-29)16-21-6-4-3-5-7-21/h3-11,20,23-24H,12-19H2,1-2H3,(H,31,35)(H,32,38)(H,33,37). The van der Waals surface area contributed by atoms with E-state index in [4.69, 9.17) is 9.47 Å². The van der Waals surface area contributed by atoms with Crippen LogP contribution in [-0.2, 0) is 41.5 Å². The zero-order chi connectivity index (χ0) is 28.5. The third-order valence-corrected chi connectivity index (χ3v) is 7.08. The monoisotopic (exact) mass is 551 g/mol. The van der Waals surface area contributed by atoms with E-state index in [1.807, 2.05) is 35.2 Å². The van der Waals surface area contributed by atoms with Crippen molar-refractivity contribution in [1.82, 2.24) is 25.8 Å². The third kappa shape index (κ3) is 8.41. The van der Waals surface area contributed by atoms with Gasteiger partial charge < -0.3 is 25.4 Å². The van der Waals surface area contributed by atoms with Gasteiger partial charge in [0.15, 0.2) is 5.78 Å². The summed E-state index contributed by atoms with van der Waals surface area (Å²) in [5, 5.41) is 8.35. The number of pyridine rings is 1. The van der Waals surface area contributed by atoms with Gasteiger partial charge in [0.2, 0.25) is 17.7 Å². The lowest BCUT2D eigenvalue weighted by Gasteiger charge is -2.27. The van der Waals surface area contributed by atoms with Crippen LogP contribution in [0.3, 0.4) is 0 Å². The molecule has 3 amide bonds. The zero-order valence-corrected chi connectivity index (χ0v) is 22.9. The molecule has 4 rings (SSSR count). The van der Waals surface area contributed by atoms with Crippen LogP contribution in [0.5, 0.6) is 0 Å². The van der Waals surface area contributed by atoms with E-state index in [2.05, 4.69) is 20.9 Å². The molecular weight excluding hydrogens is 514 g/mol. The molecule has 2 aliphatic rings. The molecule has 11 nitrogen and oxygen atoms in total. The van der Waals surface area contributed by atoms with E-state index in [-0.39, 0.29) is 31.1 Å². The molecule has 0 bridgehead atoms. The molecule has 1 aromatic carbocycles. The fourth-order valence-corrected chi connectivity index (χ4v) is 4.53. The Kier molecular flexibility index (Phi) is 9.97. The summed E-state index contributed by atoms with van der Waals surface area (Å²) in [6, 6.07) is 10.2. The van der Waals surface area contributed by atoms with Crippen molar-refractivity contribution < 1.29 is 28.7 Å². The second-order valence-corrected chi connectivity index (χ2v) is 10.4. The number of nitrogens with zero attached hydrogens (tertiary/aromatic N) is 2. The Hall–Kier alpha value is -3.67. The highest BCUT2D eigenvalue weighted by atomic mass is 16.6. The molecule has 2 saturated heterocycles. The summed E-state index contributed by atoms with van der Waals surface area (Å²) < 4.78 is 10.7. The molecule has 40 heavy (non-hydrogen) atoms. The number of morpholine rings is 1. The molecule has 214 valence electrons. The van der Waals surface area contributed by atoms with Crippen molar-refractivity contribution in [2.45, 2.75) is 50.4 Å².